The van der Waals surface area contributed by atoms with Crippen LogP contribution in [0.1, 0.15) is 19.8 Å². The largest absolute Gasteiger partial charge is 0.486 e. The third-order valence-electron chi connectivity index (χ3n) is 3.84. The van der Waals surface area contributed by atoms with Crippen molar-refractivity contribution < 1.29 is 9.47 Å². The van der Waals surface area contributed by atoms with E-state index in [1.807, 2.05) is 24.3 Å². The molecular weight excluding hydrogens is 264 g/mol. The van der Waals surface area contributed by atoms with Gasteiger partial charge in [-0.2, -0.15) is 0 Å². The molecule has 0 bridgehead atoms. The number of ether oxygens (including phenoxy) is 2. The van der Waals surface area contributed by atoms with Gasteiger partial charge in [-0.05, 0) is 43.7 Å². The van der Waals surface area contributed by atoms with E-state index in [2.05, 4.69) is 23.3 Å². The van der Waals surface area contributed by atoms with Gasteiger partial charge in [0.25, 0.3) is 0 Å². The number of pyridine rings is 1. The Morgan fingerprint density at radius 3 is 3.19 bits per heavy atom. The molecule has 112 valence electrons. The lowest BCUT2D eigenvalue weighted by atomic mass is 10.1. The van der Waals surface area contributed by atoms with E-state index in [1.54, 1.807) is 6.20 Å². The molecule has 1 aliphatic rings. The monoisotopic (exact) mass is 286 g/mol. The number of hydrogen-bond donors (Lipinski definition) is 1. The number of nitrogens with zero attached hydrogens (tertiary/aromatic N) is 1. The molecule has 0 spiro atoms. The van der Waals surface area contributed by atoms with Crippen molar-refractivity contribution in [3.05, 3.63) is 36.5 Å². The SMILES string of the molecule is CCCNC1CCOCC1Oc1cccc2ncccc12. The van der Waals surface area contributed by atoms with Crippen molar-refractivity contribution in [3.63, 3.8) is 0 Å². The predicted octanol–water partition coefficient (Wildman–Crippen LogP) is 2.77. The Kier molecular flexibility index (Phi) is 4.68. The highest BCUT2D eigenvalue weighted by Gasteiger charge is 2.27. The van der Waals surface area contributed by atoms with Gasteiger partial charge in [-0.1, -0.05) is 13.0 Å². The molecule has 4 nitrogen and oxygen atoms in total. The van der Waals surface area contributed by atoms with Gasteiger partial charge in [0.05, 0.1) is 12.1 Å². The third-order valence-corrected chi connectivity index (χ3v) is 3.84. The van der Waals surface area contributed by atoms with E-state index in [4.69, 9.17) is 9.47 Å². The van der Waals surface area contributed by atoms with Crippen LogP contribution < -0.4 is 10.1 Å². The van der Waals surface area contributed by atoms with Crippen LogP contribution >= 0.6 is 0 Å². The second-order valence-corrected chi connectivity index (χ2v) is 5.41. The molecule has 0 radical (unpaired) electrons. The van der Waals surface area contributed by atoms with E-state index in [0.29, 0.717) is 12.6 Å². The lowest BCUT2D eigenvalue weighted by Gasteiger charge is -2.32. The van der Waals surface area contributed by atoms with Crippen LogP contribution in [0.5, 0.6) is 5.75 Å². The molecular formula is C17H22N2O2. The highest BCUT2D eigenvalue weighted by molar-refractivity contribution is 5.84. The van der Waals surface area contributed by atoms with Gasteiger partial charge < -0.3 is 14.8 Å². The summed E-state index contributed by atoms with van der Waals surface area (Å²) in [5.74, 6) is 0.888. The maximum Gasteiger partial charge on any atom is 0.137 e. The molecule has 1 fully saturated rings. The Labute approximate surface area is 125 Å². The summed E-state index contributed by atoms with van der Waals surface area (Å²) in [6.45, 7) is 4.64. The van der Waals surface area contributed by atoms with Gasteiger partial charge in [0, 0.05) is 24.2 Å². The average molecular weight is 286 g/mol. The normalized spacial score (nSPS) is 22.3. The van der Waals surface area contributed by atoms with Crippen molar-refractivity contribution in [1.82, 2.24) is 10.3 Å². The molecule has 1 N–H and O–H groups in total. The third kappa shape index (κ3) is 3.34. The van der Waals surface area contributed by atoms with Gasteiger partial charge in [0.2, 0.25) is 0 Å². The molecule has 2 heterocycles. The van der Waals surface area contributed by atoms with Crippen molar-refractivity contribution in [2.75, 3.05) is 19.8 Å². The van der Waals surface area contributed by atoms with Crippen LogP contribution in [0.4, 0.5) is 0 Å². The zero-order valence-corrected chi connectivity index (χ0v) is 12.4. The fourth-order valence-corrected chi connectivity index (χ4v) is 2.73. The molecule has 1 aromatic heterocycles. The minimum absolute atomic E-state index is 0.0520. The Morgan fingerprint density at radius 2 is 2.29 bits per heavy atom. The Morgan fingerprint density at radius 1 is 1.33 bits per heavy atom. The zero-order chi connectivity index (χ0) is 14.5. The summed E-state index contributed by atoms with van der Waals surface area (Å²) >= 11 is 0. The van der Waals surface area contributed by atoms with Gasteiger partial charge in [0.15, 0.2) is 0 Å². The van der Waals surface area contributed by atoms with Crippen LogP contribution in [-0.2, 0) is 4.74 Å². The van der Waals surface area contributed by atoms with Crippen molar-refractivity contribution in [2.24, 2.45) is 0 Å². The molecule has 1 saturated heterocycles. The van der Waals surface area contributed by atoms with E-state index in [1.165, 1.54) is 0 Å². The molecule has 21 heavy (non-hydrogen) atoms. The molecule has 2 atom stereocenters. The van der Waals surface area contributed by atoms with Crippen LogP contribution in [0.3, 0.4) is 0 Å². The second-order valence-electron chi connectivity index (χ2n) is 5.41. The first kappa shape index (κ1) is 14.3. The van der Waals surface area contributed by atoms with Crippen LogP contribution in [-0.4, -0.2) is 36.9 Å². The summed E-state index contributed by atoms with van der Waals surface area (Å²) in [5.41, 5.74) is 0.963. The summed E-state index contributed by atoms with van der Waals surface area (Å²) in [6.07, 6.45) is 3.98. The number of rotatable bonds is 5. The van der Waals surface area contributed by atoms with Crippen molar-refractivity contribution in [2.45, 2.75) is 31.9 Å². The van der Waals surface area contributed by atoms with E-state index < -0.39 is 0 Å². The molecule has 3 rings (SSSR count). The fourth-order valence-electron chi connectivity index (χ4n) is 2.73. The number of aromatic nitrogens is 1. The number of nitrogens with one attached hydrogen (secondary N) is 1. The van der Waals surface area contributed by atoms with Crippen LogP contribution in [0.2, 0.25) is 0 Å². The lowest BCUT2D eigenvalue weighted by Crippen LogP contribution is -2.49. The molecule has 2 aromatic rings. The number of fused-ring (bicyclic) bond motifs is 1. The van der Waals surface area contributed by atoms with Gasteiger partial charge in [-0.3, -0.25) is 4.98 Å². The summed E-state index contributed by atoms with van der Waals surface area (Å²) in [4.78, 5) is 4.38. The Hall–Kier alpha value is -1.65. The minimum atomic E-state index is 0.0520. The van der Waals surface area contributed by atoms with E-state index >= 15 is 0 Å². The van der Waals surface area contributed by atoms with E-state index in [-0.39, 0.29) is 6.10 Å². The summed E-state index contributed by atoms with van der Waals surface area (Å²) in [5, 5.41) is 4.62. The number of benzene rings is 1. The summed E-state index contributed by atoms with van der Waals surface area (Å²) in [6, 6.07) is 10.4. The van der Waals surface area contributed by atoms with Crippen molar-refractivity contribution >= 4 is 10.9 Å². The zero-order valence-electron chi connectivity index (χ0n) is 12.4. The second kappa shape index (κ2) is 6.87. The molecule has 1 aromatic carbocycles. The highest BCUT2D eigenvalue weighted by atomic mass is 16.5. The molecule has 0 aliphatic carbocycles. The first-order valence-corrected chi connectivity index (χ1v) is 7.70. The molecule has 4 heteroatoms. The minimum Gasteiger partial charge on any atom is -0.486 e. The first-order valence-electron chi connectivity index (χ1n) is 7.70. The molecule has 1 aliphatic heterocycles. The standard InChI is InChI=1S/C17H22N2O2/c1-2-9-18-15-8-11-20-12-17(15)21-16-7-3-6-14-13(16)5-4-10-19-14/h3-7,10,15,17-18H,2,8-9,11-12H2,1H3. The van der Waals surface area contributed by atoms with Gasteiger partial charge >= 0.3 is 0 Å². The maximum absolute atomic E-state index is 6.25. The van der Waals surface area contributed by atoms with E-state index in [9.17, 15) is 0 Å². The van der Waals surface area contributed by atoms with Crippen molar-refractivity contribution in [3.8, 4) is 5.75 Å². The highest BCUT2D eigenvalue weighted by Crippen LogP contribution is 2.26. The van der Waals surface area contributed by atoms with Crippen LogP contribution in [0.15, 0.2) is 36.5 Å². The predicted molar refractivity (Wildman–Crippen MR) is 83.7 cm³/mol. The lowest BCUT2D eigenvalue weighted by molar-refractivity contribution is -0.0140. The molecule has 0 amide bonds. The van der Waals surface area contributed by atoms with Crippen LogP contribution in [0.25, 0.3) is 10.9 Å². The maximum atomic E-state index is 6.25. The average Bonchev–Trinajstić information content (AvgIpc) is 2.54. The fraction of sp³-hybridized carbons (Fsp3) is 0.471. The van der Waals surface area contributed by atoms with Crippen LogP contribution in [0, 0.1) is 0 Å². The Bertz CT molecular complexity index is 583. The molecule has 0 saturated carbocycles. The number of hydrogen-bond acceptors (Lipinski definition) is 4. The molecule has 2 unspecified atom stereocenters. The quantitative estimate of drug-likeness (QED) is 0.918. The van der Waals surface area contributed by atoms with Gasteiger partial charge in [-0.15, -0.1) is 0 Å². The summed E-state index contributed by atoms with van der Waals surface area (Å²) in [7, 11) is 0. The Balaban J connectivity index is 1.79. The first-order chi connectivity index (χ1) is 10.4. The van der Waals surface area contributed by atoms with Crippen molar-refractivity contribution in [1.29, 1.82) is 0 Å². The summed E-state index contributed by atoms with van der Waals surface area (Å²) < 4.78 is 11.8. The van der Waals surface area contributed by atoms with Gasteiger partial charge in [0.1, 0.15) is 11.9 Å². The van der Waals surface area contributed by atoms with Gasteiger partial charge in [-0.25, -0.2) is 0 Å². The van der Waals surface area contributed by atoms with E-state index in [0.717, 1.165) is 42.6 Å². The smallest absolute Gasteiger partial charge is 0.137 e. The topological polar surface area (TPSA) is 43.4 Å².